The van der Waals surface area contributed by atoms with Gasteiger partial charge in [-0.15, -0.1) is 0 Å². The predicted molar refractivity (Wildman–Crippen MR) is 73.0 cm³/mol. The minimum absolute atomic E-state index is 0.0233. The van der Waals surface area contributed by atoms with Crippen LogP contribution in [0.15, 0.2) is 40.8 Å². The second-order valence-electron chi connectivity index (χ2n) is 4.40. The van der Waals surface area contributed by atoms with E-state index in [9.17, 15) is 19.3 Å². The molecule has 0 aliphatic heterocycles. The molecule has 2 aromatic carbocycles. The van der Waals surface area contributed by atoms with Gasteiger partial charge in [0, 0.05) is 12.1 Å². The molecule has 3 aromatic rings. The van der Waals surface area contributed by atoms with Crippen LogP contribution in [-0.4, -0.2) is 21.0 Å². The van der Waals surface area contributed by atoms with E-state index in [1.165, 1.54) is 18.2 Å². The summed E-state index contributed by atoms with van der Waals surface area (Å²) in [6, 6.07) is 7.61. The summed E-state index contributed by atoms with van der Waals surface area (Å²) in [6.07, 6.45) is 0. The SMILES string of the molecule is O=C(O)c1cc([N+](=O)[O-])cc2nc(-c3ccccc3F)oc12. The molecule has 0 aliphatic rings. The quantitative estimate of drug-likeness (QED) is 0.588. The summed E-state index contributed by atoms with van der Waals surface area (Å²) in [6.45, 7) is 0. The van der Waals surface area contributed by atoms with E-state index < -0.39 is 28.0 Å². The van der Waals surface area contributed by atoms with Crippen LogP contribution in [0.4, 0.5) is 10.1 Å². The van der Waals surface area contributed by atoms with Crippen LogP contribution in [0, 0.1) is 15.9 Å². The molecule has 7 nitrogen and oxygen atoms in total. The number of aromatic nitrogens is 1. The Morgan fingerprint density at radius 1 is 1.32 bits per heavy atom. The fourth-order valence-corrected chi connectivity index (χ4v) is 2.03. The number of halogens is 1. The van der Waals surface area contributed by atoms with E-state index in [0.29, 0.717) is 0 Å². The van der Waals surface area contributed by atoms with Crippen LogP contribution in [0.5, 0.6) is 0 Å². The number of rotatable bonds is 3. The summed E-state index contributed by atoms with van der Waals surface area (Å²) in [5.41, 5.74) is -0.962. The molecule has 0 saturated heterocycles. The van der Waals surface area contributed by atoms with Gasteiger partial charge in [-0.2, -0.15) is 0 Å². The smallest absolute Gasteiger partial charge is 0.339 e. The van der Waals surface area contributed by atoms with Gasteiger partial charge in [0.2, 0.25) is 5.89 Å². The summed E-state index contributed by atoms with van der Waals surface area (Å²) in [4.78, 5) is 25.3. The van der Waals surface area contributed by atoms with Crippen LogP contribution in [-0.2, 0) is 0 Å². The summed E-state index contributed by atoms with van der Waals surface area (Å²) in [7, 11) is 0. The summed E-state index contributed by atoms with van der Waals surface area (Å²) in [5, 5.41) is 20.0. The molecule has 0 unspecified atom stereocenters. The van der Waals surface area contributed by atoms with E-state index in [2.05, 4.69) is 4.98 Å². The Morgan fingerprint density at radius 2 is 2.05 bits per heavy atom. The number of hydrogen-bond donors (Lipinski definition) is 1. The van der Waals surface area contributed by atoms with Crippen LogP contribution in [0.2, 0.25) is 0 Å². The Morgan fingerprint density at radius 3 is 2.68 bits per heavy atom. The monoisotopic (exact) mass is 302 g/mol. The summed E-state index contributed by atoms with van der Waals surface area (Å²) >= 11 is 0. The fourth-order valence-electron chi connectivity index (χ4n) is 2.03. The molecule has 0 fully saturated rings. The second-order valence-corrected chi connectivity index (χ2v) is 4.40. The first-order valence-electron chi connectivity index (χ1n) is 6.04. The van der Waals surface area contributed by atoms with Crippen LogP contribution in [0.1, 0.15) is 10.4 Å². The van der Waals surface area contributed by atoms with Gasteiger partial charge in [-0.1, -0.05) is 12.1 Å². The zero-order valence-corrected chi connectivity index (χ0v) is 10.8. The highest BCUT2D eigenvalue weighted by molar-refractivity contribution is 6.01. The van der Waals surface area contributed by atoms with E-state index >= 15 is 0 Å². The first-order valence-corrected chi connectivity index (χ1v) is 6.04. The van der Waals surface area contributed by atoms with E-state index in [1.807, 2.05) is 0 Å². The topological polar surface area (TPSA) is 106 Å². The van der Waals surface area contributed by atoms with E-state index in [-0.39, 0.29) is 22.6 Å². The van der Waals surface area contributed by atoms with E-state index in [1.54, 1.807) is 6.07 Å². The van der Waals surface area contributed by atoms with E-state index in [4.69, 9.17) is 9.52 Å². The maximum absolute atomic E-state index is 13.7. The van der Waals surface area contributed by atoms with E-state index in [0.717, 1.165) is 12.1 Å². The number of carboxylic acids is 1. The van der Waals surface area contributed by atoms with Crippen molar-refractivity contribution in [3.05, 3.63) is 57.9 Å². The Bertz CT molecular complexity index is 919. The Kier molecular flexibility index (Phi) is 3.06. The Labute approximate surface area is 121 Å². The molecule has 110 valence electrons. The number of non-ortho nitro benzene ring substituents is 1. The highest BCUT2D eigenvalue weighted by atomic mass is 19.1. The minimum Gasteiger partial charge on any atom is -0.478 e. The van der Waals surface area contributed by atoms with Gasteiger partial charge < -0.3 is 9.52 Å². The van der Waals surface area contributed by atoms with Gasteiger partial charge in [-0.25, -0.2) is 14.2 Å². The van der Waals surface area contributed by atoms with Crippen molar-refractivity contribution in [2.24, 2.45) is 0 Å². The predicted octanol–water partition coefficient (Wildman–Crippen LogP) is 3.24. The lowest BCUT2D eigenvalue weighted by molar-refractivity contribution is -0.384. The van der Waals surface area contributed by atoms with Crippen LogP contribution < -0.4 is 0 Å². The number of nitro groups is 1. The third-order valence-corrected chi connectivity index (χ3v) is 3.02. The summed E-state index contributed by atoms with van der Waals surface area (Å²) in [5.74, 6) is -2.14. The molecule has 1 heterocycles. The molecule has 1 N–H and O–H groups in total. The van der Waals surface area contributed by atoms with Crippen molar-refractivity contribution in [2.75, 3.05) is 0 Å². The lowest BCUT2D eigenvalue weighted by atomic mass is 10.2. The molecule has 0 amide bonds. The van der Waals surface area contributed by atoms with Crippen molar-refractivity contribution < 1.29 is 23.6 Å². The molecule has 0 radical (unpaired) electrons. The van der Waals surface area contributed by atoms with Gasteiger partial charge in [-0.05, 0) is 12.1 Å². The Balaban J connectivity index is 2.29. The number of nitro benzene ring substituents is 1. The van der Waals surface area contributed by atoms with Gasteiger partial charge in [0.25, 0.3) is 5.69 Å². The third-order valence-electron chi connectivity index (χ3n) is 3.02. The minimum atomic E-state index is -1.40. The Hall–Kier alpha value is -3.29. The third kappa shape index (κ3) is 2.16. The molecule has 3 rings (SSSR count). The largest absolute Gasteiger partial charge is 0.478 e. The normalized spacial score (nSPS) is 10.8. The molecule has 0 bridgehead atoms. The molecule has 8 heteroatoms. The first-order chi connectivity index (χ1) is 10.5. The molecule has 22 heavy (non-hydrogen) atoms. The van der Waals surface area contributed by atoms with Gasteiger partial charge in [-0.3, -0.25) is 10.1 Å². The van der Waals surface area contributed by atoms with Crippen molar-refractivity contribution >= 4 is 22.8 Å². The van der Waals surface area contributed by atoms with Crippen molar-refractivity contribution in [3.63, 3.8) is 0 Å². The average molecular weight is 302 g/mol. The lowest BCUT2D eigenvalue weighted by Crippen LogP contribution is -1.99. The standard InChI is InChI=1S/C14H7FN2O5/c15-10-4-2-1-3-8(10)13-16-11-6-7(17(20)21)5-9(14(18)19)12(11)22-13/h1-6H,(H,18,19). The first kappa shape index (κ1) is 13.7. The van der Waals surface area contributed by atoms with Crippen LogP contribution >= 0.6 is 0 Å². The number of benzene rings is 2. The van der Waals surface area contributed by atoms with Crippen LogP contribution in [0.3, 0.4) is 0 Å². The zero-order chi connectivity index (χ0) is 15.9. The second kappa shape index (κ2) is 4.92. The number of carboxylic acid groups (broad SMARTS) is 1. The highest BCUT2D eigenvalue weighted by Crippen LogP contribution is 2.31. The number of oxazole rings is 1. The van der Waals surface area contributed by atoms with Crippen molar-refractivity contribution in [2.45, 2.75) is 0 Å². The number of carbonyl (C=O) groups is 1. The van der Waals surface area contributed by atoms with Crippen molar-refractivity contribution in [1.29, 1.82) is 0 Å². The summed E-state index contributed by atoms with van der Waals surface area (Å²) < 4.78 is 19.1. The van der Waals surface area contributed by atoms with Crippen molar-refractivity contribution in [3.8, 4) is 11.5 Å². The molecule has 1 aromatic heterocycles. The zero-order valence-electron chi connectivity index (χ0n) is 10.8. The molecular weight excluding hydrogens is 295 g/mol. The van der Waals surface area contributed by atoms with Gasteiger partial charge >= 0.3 is 5.97 Å². The maximum atomic E-state index is 13.7. The molecular formula is C14H7FN2O5. The fraction of sp³-hybridized carbons (Fsp3) is 0. The van der Waals surface area contributed by atoms with Crippen molar-refractivity contribution in [1.82, 2.24) is 4.98 Å². The molecule has 0 saturated carbocycles. The lowest BCUT2D eigenvalue weighted by Gasteiger charge is -1.96. The van der Waals surface area contributed by atoms with Gasteiger partial charge in [0.05, 0.1) is 10.5 Å². The number of hydrogen-bond acceptors (Lipinski definition) is 5. The molecule has 0 atom stereocenters. The number of aromatic carboxylic acids is 1. The molecule has 0 aliphatic carbocycles. The van der Waals surface area contributed by atoms with Gasteiger partial charge in [0.15, 0.2) is 5.58 Å². The average Bonchev–Trinajstić information content (AvgIpc) is 2.89. The maximum Gasteiger partial charge on any atom is 0.339 e. The highest BCUT2D eigenvalue weighted by Gasteiger charge is 2.22. The number of nitrogens with zero attached hydrogens (tertiary/aromatic N) is 2. The van der Waals surface area contributed by atoms with Gasteiger partial charge in [0.1, 0.15) is 16.9 Å². The number of fused-ring (bicyclic) bond motifs is 1. The molecule has 0 spiro atoms. The van der Waals surface area contributed by atoms with Crippen LogP contribution in [0.25, 0.3) is 22.6 Å².